The second-order valence-electron chi connectivity index (χ2n) is 4.16. The predicted molar refractivity (Wildman–Crippen MR) is 73.4 cm³/mol. The summed E-state index contributed by atoms with van der Waals surface area (Å²) in [7, 11) is -4.18. The van der Waals surface area contributed by atoms with Gasteiger partial charge in [0.05, 0.1) is 0 Å². The van der Waals surface area contributed by atoms with Gasteiger partial charge in [0.1, 0.15) is 11.5 Å². The highest BCUT2D eigenvalue weighted by Crippen LogP contribution is 2.45. The first kappa shape index (κ1) is 13.7. The maximum atomic E-state index is 11.9. The van der Waals surface area contributed by atoms with Crippen LogP contribution < -0.4 is 9.05 Å². The first-order valence-corrected chi connectivity index (χ1v) is 7.31. The fraction of sp³-hybridized carbons (Fsp3) is 0.143. The van der Waals surface area contributed by atoms with Gasteiger partial charge in [0.25, 0.3) is 0 Å². The molecule has 0 radical (unpaired) electrons. The van der Waals surface area contributed by atoms with Crippen molar-refractivity contribution in [3.05, 3.63) is 59.7 Å². The van der Waals surface area contributed by atoms with Gasteiger partial charge in [0.2, 0.25) is 0 Å². The molecular weight excluding hydrogens is 263 g/mol. The zero-order valence-electron chi connectivity index (χ0n) is 10.7. The number of benzene rings is 2. The zero-order valence-corrected chi connectivity index (χ0v) is 11.6. The van der Waals surface area contributed by atoms with E-state index in [1.54, 1.807) is 42.5 Å². The summed E-state index contributed by atoms with van der Waals surface area (Å²) in [4.78, 5) is 9.75. The second kappa shape index (κ2) is 5.47. The van der Waals surface area contributed by atoms with Crippen LogP contribution in [-0.2, 0) is 4.57 Å². The van der Waals surface area contributed by atoms with Crippen molar-refractivity contribution in [1.82, 2.24) is 0 Å². The first-order valence-electron chi connectivity index (χ1n) is 5.81. The molecule has 1 atom stereocenters. The van der Waals surface area contributed by atoms with Gasteiger partial charge in [-0.1, -0.05) is 30.3 Å². The quantitative estimate of drug-likeness (QED) is 0.863. The van der Waals surface area contributed by atoms with Crippen LogP contribution in [0, 0.1) is 13.8 Å². The Morgan fingerprint density at radius 3 is 2.32 bits per heavy atom. The molecule has 0 saturated carbocycles. The van der Waals surface area contributed by atoms with Crippen LogP contribution >= 0.6 is 7.82 Å². The van der Waals surface area contributed by atoms with Crippen LogP contribution in [-0.4, -0.2) is 4.89 Å². The highest BCUT2D eigenvalue weighted by Gasteiger charge is 2.25. The maximum absolute atomic E-state index is 11.9. The van der Waals surface area contributed by atoms with Gasteiger partial charge >= 0.3 is 7.82 Å². The van der Waals surface area contributed by atoms with Crippen LogP contribution in [0.25, 0.3) is 0 Å². The van der Waals surface area contributed by atoms with E-state index >= 15 is 0 Å². The van der Waals surface area contributed by atoms with E-state index in [1.807, 2.05) is 19.9 Å². The molecule has 2 rings (SSSR count). The Balaban J connectivity index is 2.17. The van der Waals surface area contributed by atoms with Gasteiger partial charge < -0.3 is 9.05 Å². The van der Waals surface area contributed by atoms with Gasteiger partial charge in [-0.2, -0.15) is 0 Å². The van der Waals surface area contributed by atoms with Crippen molar-refractivity contribution in [2.24, 2.45) is 0 Å². The first-order chi connectivity index (χ1) is 8.98. The summed E-state index contributed by atoms with van der Waals surface area (Å²) in [5, 5.41) is 0. The number of phosphoric acid groups is 1. The highest BCUT2D eigenvalue weighted by molar-refractivity contribution is 7.48. The van der Waals surface area contributed by atoms with Crippen molar-refractivity contribution in [3.8, 4) is 11.5 Å². The molecule has 0 bridgehead atoms. The maximum Gasteiger partial charge on any atom is 0.584 e. The molecule has 0 aromatic heterocycles. The van der Waals surface area contributed by atoms with Crippen LogP contribution in [0.2, 0.25) is 0 Å². The summed E-state index contributed by atoms with van der Waals surface area (Å²) < 4.78 is 22.0. The van der Waals surface area contributed by atoms with Crippen LogP contribution in [0.5, 0.6) is 11.5 Å². The van der Waals surface area contributed by atoms with Crippen molar-refractivity contribution in [1.29, 1.82) is 0 Å². The summed E-state index contributed by atoms with van der Waals surface area (Å²) in [5.74, 6) is 0.639. The van der Waals surface area contributed by atoms with E-state index in [0.29, 0.717) is 11.5 Å². The van der Waals surface area contributed by atoms with Crippen LogP contribution in [0.1, 0.15) is 11.1 Å². The molecule has 4 nitrogen and oxygen atoms in total. The summed E-state index contributed by atoms with van der Waals surface area (Å²) in [6, 6.07) is 13.7. The number of rotatable bonds is 4. The summed E-state index contributed by atoms with van der Waals surface area (Å²) in [6.07, 6.45) is 0. The van der Waals surface area contributed by atoms with E-state index < -0.39 is 7.82 Å². The second-order valence-corrected chi connectivity index (χ2v) is 5.46. The normalized spacial score (nSPS) is 13.6. The van der Waals surface area contributed by atoms with E-state index in [1.165, 1.54) is 0 Å². The van der Waals surface area contributed by atoms with Crippen molar-refractivity contribution < 1.29 is 18.5 Å². The van der Waals surface area contributed by atoms with E-state index in [-0.39, 0.29) is 0 Å². The predicted octanol–water partition coefficient (Wildman–Crippen LogP) is 3.86. The van der Waals surface area contributed by atoms with Gasteiger partial charge in [-0.25, -0.2) is 4.57 Å². The molecule has 0 aliphatic heterocycles. The molecule has 0 spiro atoms. The van der Waals surface area contributed by atoms with Crippen LogP contribution in [0.4, 0.5) is 0 Å². The van der Waals surface area contributed by atoms with Gasteiger partial charge in [-0.05, 0) is 43.2 Å². The van der Waals surface area contributed by atoms with Crippen molar-refractivity contribution >= 4 is 7.82 Å². The molecular formula is C14H15O4P. The van der Waals surface area contributed by atoms with E-state index in [2.05, 4.69) is 0 Å². The molecule has 100 valence electrons. The SMILES string of the molecule is Cc1cccc(OP(=O)(O)Oc2ccccc2)c1C. The molecule has 19 heavy (non-hydrogen) atoms. The average Bonchev–Trinajstić information content (AvgIpc) is 2.35. The Labute approximate surface area is 112 Å². The largest absolute Gasteiger partial charge is 0.584 e. The van der Waals surface area contributed by atoms with Gasteiger partial charge in [-0.3, -0.25) is 4.89 Å². The fourth-order valence-corrected chi connectivity index (χ4v) is 2.45. The Kier molecular flexibility index (Phi) is 3.93. The summed E-state index contributed by atoms with van der Waals surface area (Å²) >= 11 is 0. The monoisotopic (exact) mass is 278 g/mol. The third-order valence-corrected chi connectivity index (χ3v) is 3.60. The molecule has 0 fully saturated rings. The van der Waals surface area contributed by atoms with Crippen molar-refractivity contribution in [2.45, 2.75) is 13.8 Å². The Morgan fingerprint density at radius 1 is 0.947 bits per heavy atom. The molecule has 1 unspecified atom stereocenters. The third kappa shape index (κ3) is 3.60. The van der Waals surface area contributed by atoms with Crippen LogP contribution in [0.15, 0.2) is 48.5 Å². The number of phosphoric ester groups is 1. The third-order valence-electron chi connectivity index (χ3n) is 2.73. The van der Waals surface area contributed by atoms with Crippen molar-refractivity contribution in [2.75, 3.05) is 0 Å². The Bertz CT molecular complexity index is 610. The lowest BCUT2D eigenvalue weighted by atomic mass is 10.1. The number of hydrogen-bond donors (Lipinski definition) is 1. The van der Waals surface area contributed by atoms with Crippen LogP contribution in [0.3, 0.4) is 0 Å². The Hall–Kier alpha value is -1.77. The zero-order chi connectivity index (χ0) is 13.9. The Morgan fingerprint density at radius 2 is 1.63 bits per heavy atom. The molecule has 2 aromatic rings. The molecule has 0 amide bonds. The molecule has 0 saturated heterocycles. The molecule has 2 aromatic carbocycles. The molecule has 0 aliphatic carbocycles. The summed E-state index contributed by atoms with van der Waals surface area (Å²) in [6.45, 7) is 3.73. The van der Waals surface area contributed by atoms with Gasteiger partial charge in [-0.15, -0.1) is 0 Å². The lowest BCUT2D eigenvalue weighted by Crippen LogP contribution is -2.01. The number of aryl methyl sites for hydroxylation is 1. The van der Waals surface area contributed by atoms with Gasteiger partial charge in [0.15, 0.2) is 0 Å². The van der Waals surface area contributed by atoms with E-state index in [9.17, 15) is 9.46 Å². The minimum absolute atomic E-state index is 0.290. The topological polar surface area (TPSA) is 55.8 Å². The average molecular weight is 278 g/mol. The standard InChI is InChI=1S/C14H15O4P/c1-11-7-6-10-14(12(11)2)18-19(15,16)17-13-8-4-3-5-9-13/h3-10H,1-2H3,(H,15,16). The fourth-order valence-electron chi connectivity index (χ4n) is 1.58. The molecule has 1 N–H and O–H groups in total. The minimum Gasteiger partial charge on any atom is -0.395 e. The number of para-hydroxylation sites is 1. The molecule has 0 aliphatic rings. The molecule has 5 heteroatoms. The smallest absolute Gasteiger partial charge is 0.395 e. The van der Waals surface area contributed by atoms with Crippen molar-refractivity contribution in [3.63, 3.8) is 0 Å². The number of hydrogen-bond acceptors (Lipinski definition) is 3. The highest BCUT2D eigenvalue weighted by atomic mass is 31.2. The molecule has 0 heterocycles. The van der Waals surface area contributed by atoms with E-state index in [4.69, 9.17) is 9.05 Å². The van der Waals surface area contributed by atoms with Gasteiger partial charge in [0, 0.05) is 0 Å². The lowest BCUT2D eigenvalue weighted by Gasteiger charge is -2.15. The van der Waals surface area contributed by atoms with E-state index in [0.717, 1.165) is 11.1 Å². The minimum atomic E-state index is -4.18. The summed E-state index contributed by atoms with van der Waals surface area (Å²) in [5.41, 5.74) is 1.80. The lowest BCUT2D eigenvalue weighted by molar-refractivity contribution is 0.290.